The summed E-state index contributed by atoms with van der Waals surface area (Å²) in [6.45, 7) is 8.88. The molecule has 1 aromatic heterocycles. The van der Waals surface area contributed by atoms with Crippen LogP contribution in [0.3, 0.4) is 0 Å². The lowest BCUT2D eigenvalue weighted by molar-refractivity contribution is -0.115. The zero-order valence-corrected chi connectivity index (χ0v) is 18.1. The lowest BCUT2D eigenvalue weighted by Crippen LogP contribution is -2.34. The molecule has 0 radical (unpaired) electrons. The predicted molar refractivity (Wildman–Crippen MR) is 111 cm³/mol. The van der Waals surface area contributed by atoms with Crippen molar-refractivity contribution in [2.24, 2.45) is 0 Å². The van der Waals surface area contributed by atoms with Gasteiger partial charge in [-0.15, -0.1) is 0 Å². The topological polar surface area (TPSA) is 106 Å². The zero-order chi connectivity index (χ0) is 21.8. The number of esters is 1. The molecular weight excluding hydrogens is 394 g/mol. The molecule has 2 rings (SSSR count). The van der Waals surface area contributed by atoms with E-state index in [1.54, 1.807) is 37.5 Å². The van der Waals surface area contributed by atoms with Crippen LogP contribution in [0.25, 0.3) is 0 Å². The van der Waals surface area contributed by atoms with Gasteiger partial charge in [0.05, 0.1) is 13.2 Å². The van der Waals surface area contributed by atoms with E-state index >= 15 is 0 Å². The second-order valence-electron chi connectivity index (χ2n) is 6.58. The Morgan fingerprint density at radius 3 is 2.21 bits per heavy atom. The summed E-state index contributed by atoms with van der Waals surface area (Å²) < 4.78 is 35.0. The number of aryl methyl sites for hydroxylation is 1. The lowest BCUT2D eigenvalue weighted by atomic mass is 10.2. The maximum atomic E-state index is 13.0. The van der Waals surface area contributed by atoms with E-state index in [4.69, 9.17) is 4.74 Å². The Balaban J connectivity index is 2.27. The average molecular weight is 422 g/mol. The highest BCUT2D eigenvalue weighted by molar-refractivity contribution is 7.89. The van der Waals surface area contributed by atoms with Gasteiger partial charge in [0, 0.05) is 23.6 Å². The Hall–Kier alpha value is -2.65. The third kappa shape index (κ3) is 5.04. The zero-order valence-electron chi connectivity index (χ0n) is 17.3. The van der Waals surface area contributed by atoms with Crippen molar-refractivity contribution < 1.29 is 22.7 Å². The number of hydrogen-bond acceptors (Lipinski definition) is 5. The SMILES string of the molecule is CCOC(=O)c1c(S(=O)(=O)NCC(=O)Nc2ccc(C)cc2)c(C)n(CC)c1C. The quantitative estimate of drug-likeness (QED) is 0.637. The standard InChI is InChI=1S/C20H27N3O5S/c1-6-23-14(4)18(20(25)28-7-2)19(15(23)5)29(26,27)21-12-17(24)22-16-10-8-13(3)9-11-16/h8-11,21H,6-7,12H2,1-5H3,(H,22,24). The number of sulfonamides is 1. The molecule has 0 atom stereocenters. The summed E-state index contributed by atoms with van der Waals surface area (Å²) in [6.07, 6.45) is 0. The molecule has 0 aliphatic carbocycles. The van der Waals surface area contributed by atoms with E-state index in [-0.39, 0.29) is 17.1 Å². The number of amides is 1. The Kier molecular flexibility index (Phi) is 7.21. The van der Waals surface area contributed by atoms with Crippen LogP contribution in [0, 0.1) is 20.8 Å². The van der Waals surface area contributed by atoms with Gasteiger partial charge in [-0.05, 0) is 46.8 Å². The number of carbonyl (C=O) groups excluding carboxylic acids is 2. The number of aromatic nitrogens is 1. The fourth-order valence-electron chi connectivity index (χ4n) is 3.18. The number of anilines is 1. The molecule has 9 heteroatoms. The molecule has 0 aliphatic rings. The van der Waals surface area contributed by atoms with Crippen molar-refractivity contribution in [3.05, 3.63) is 46.8 Å². The molecule has 29 heavy (non-hydrogen) atoms. The van der Waals surface area contributed by atoms with Crippen LogP contribution in [0.5, 0.6) is 0 Å². The molecule has 0 spiro atoms. The second kappa shape index (κ2) is 9.23. The number of ether oxygens (including phenoxy) is 1. The van der Waals surface area contributed by atoms with E-state index in [2.05, 4.69) is 10.0 Å². The summed E-state index contributed by atoms with van der Waals surface area (Å²) >= 11 is 0. The van der Waals surface area contributed by atoms with Crippen molar-refractivity contribution in [3.63, 3.8) is 0 Å². The summed E-state index contributed by atoms with van der Waals surface area (Å²) in [7, 11) is -4.12. The van der Waals surface area contributed by atoms with Gasteiger partial charge in [-0.3, -0.25) is 4.79 Å². The first-order chi connectivity index (χ1) is 13.6. The first-order valence-electron chi connectivity index (χ1n) is 9.35. The summed E-state index contributed by atoms with van der Waals surface area (Å²) in [4.78, 5) is 24.4. The second-order valence-corrected chi connectivity index (χ2v) is 8.28. The summed E-state index contributed by atoms with van der Waals surface area (Å²) in [5.74, 6) is -1.22. The Morgan fingerprint density at radius 2 is 1.66 bits per heavy atom. The van der Waals surface area contributed by atoms with Gasteiger partial charge in [-0.1, -0.05) is 17.7 Å². The normalized spacial score (nSPS) is 11.3. The number of hydrogen-bond donors (Lipinski definition) is 2. The molecule has 2 N–H and O–H groups in total. The number of carbonyl (C=O) groups is 2. The fraction of sp³-hybridized carbons (Fsp3) is 0.400. The minimum Gasteiger partial charge on any atom is -0.462 e. The van der Waals surface area contributed by atoms with Crippen LogP contribution in [-0.4, -0.2) is 38.0 Å². The molecule has 0 saturated carbocycles. The van der Waals surface area contributed by atoms with Crippen molar-refractivity contribution in [2.45, 2.75) is 46.1 Å². The van der Waals surface area contributed by atoms with Gasteiger partial charge in [0.15, 0.2) is 0 Å². The first-order valence-corrected chi connectivity index (χ1v) is 10.8. The molecule has 0 bridgehead atoms. The van der Waals surface area contributed by atoms with E-state index in [9.17, 15) is 18.0 Å². The first kappa shape index (κ1) is 22.6. The van der Waals surface area contributed by atoms with Crippen LogP contribution in [0.2, 0.25) is 0 Å². The van der Waals surface area contributed by atoms with Gasteiger partial charge < -0.3 is 14.6 Å². The number of benzene rings is 1. The molecule has 0 unspecified atom stereocenters. The molecule has 0 fully saturated rings. The smallest absolute Gasteiger partial charge is 0.341 e. The van der Waals surface area contributed by atoms with Crippen molar-refractivity contribution in [3.8, 4) is 0 Å². The minimum atomic E-state index is -4.12. The summed E-state index contributed by atoms with van der Waals surface area (Å²) in [5, 5.41) is 2.63. The van der Waals surface area contributed by atoms with Crippen LogP contribution in [0.15, 0.2) is 29.2 Å². The van der Waals surface area contributed by atoms with Crippen LogP contribution in [0.4, 0.5) is 5.69 Å². The van der Waals surface area contributed by atoms with Gasteiger partial charge >= 0.3 is 5.97 Å². The fourth-order valence-corrected chi connectivity index (χ4v) is 4.64. The summed E-state index contributed by atoms with van der Waals surface area (Å²) in [6, 6.07) is 7.14. The Labute approximate surface area is 171 Å². The molecule has 0 aliphatic heterocycles. The van der Waals surface area contributed by atoms with Crippen molar-refractivity contribution in [1.82, 2.24) is 9.29 Å². The van der Waals surface area contributed by atoms with E-state index in [1.165, 1.54) is 0 Å². The van der Waals surface area contributed by atoms with Gasteiger partial charge in [-0.2, -0.15) is 0 Å². The molecular formula is C20H27N3O5S. The van der Waals surface area contributed by atoms with E-state index in [1.807, 2.05) is 26.0 Å². The Morgan fingerprint density at radius 1 is 1.03 bits per heavy atom. The largest absolute Gasteiger partial charge is 0.462 e. The molecule has 8 nitrogen and oxygen atoms in total. The maximum absolute atomic E-state index is 13.0. The van der Waals surface area contributed by atoms with Crippen LogP contribution in [-0.2, 0) is 26.1 Å². The molecule has 1 aromatic carbocycles. The predicted octanol–water partition coefficient (Wildman–Crippen LogP) is 2.53. The van der Waals surface area contributed by atoms with Gasteiger partial charge in [-0.25, -0.2) is 17.9 Å². The Bertz CT molecular complexity index is 1010. The summed E-state index contributed by atoms with van der Waals surface area (Å²) in [5.41, 5.74) is 2.53. The van der Waals surface area contributed by atoms with Crippen molar-refractivity contribution in [1.29, 1.82) is 0 Å². The maximum Gasteiger partial charge on any atom is 0.341 e. The molecule has 158 valence electrons. The number of rotatable bonds is 8. The third-order valence-corrected chi connectivity index (χ3v) is 6.11. The highest BCUT2D eigenvalue weighted by atomic mass is 32.2. The van der Waals surface area contributed by atoms with Gasteiger partial charge in [0.1, 0.15) is 10.5 Å². The van der Waals surface area contributed by atoms with Gasteiger partial charge in [0.2, 0.25) is 15.9 Å². The van der Waals surface area contributed by atoms with Crippen molar-refractivity contribution >= 4 is 27.6 Å². The number of nitrogens with zero attached hydrogens (tertiary/aromatic N) is 1. The minimum absolute atomic E-state index is 0.00218. The molecule has 0 saturated heterocycles. The highest BCUT2D eigenvalue weighted by Crippen LogP contribution is 2.27. The lowest BCUT2D eigenvalue weighted by Gasteiger charge is -2.10. The van der Waals surface area contributed by atoms with Crippen molar-refractivity contribution in [2.75, 3.05) is 18.5 Å². The van der Waals surface area contributed by atoms with Crippen LogP contribution in [0.1, 0.15) is 41.2 Å². The van der Waals surface area contributed by atoms with Crippen LogP contribution < -0.4 is 10.0 Å². The average Bonchev–Trinajstić information content (AvgIpc) is 2.93. The molecule has 1 amide bonds. The van der Waals surface area contributed by atoms with E-state index in [0.29, 0.717) is 23.6 Å². The van der Waals surface area contributed by atoms with Crippen LogP contribution >= 0.6 is 0 Å². The van der Waals surface area contributed by atoms with Gasteiger partial charge in [0.25, 0.3) is 0 Å². The van der Waals surface area contributed by atoms with E-state index < -0.39 is 28.4 Å². The number of nitrogens with one attached hydrogen (secondary N) is 2. The monoisotopic (exact) mass is 421 g/mol. The third-order valence-electron chi connectivity index (χ3n) is 4.55. The van der Waals surface area contributed by atoms with E-state index in [0.717, 1.165) is 5.56 Å². The molecule has 2 aromatic rings. The highest BCUT2D eigenvalue weighted by Gasteiger charge is 2.32. The molecule has 1 heterocycles.